The Bertz CT molecular complexity index is 552. The highest BCUT2D eigenvalue weighted by molar-refractivity contribution is 5.71. The van der Waals surface area contributed by atoms with Gasteiger partial charge in [-0.2, -0.15) is 0 Å². The summed E-state index contributed by atoms with van der Waals surface area (Å²) in [5, 5.41) is 0. The minimum absolute atomic E-state index is 0.0913. The number of pyridine rings is 1. The van der Waals surface area contributed by atoms with Crippen LogP contribution in [0.15, 0.2) is 23.0 Å². The monoisotopic (exact) mass is 262 g/mol. The SMILES string of the molecule is COC(=O)CN1CC2CC(C1)c1cccc(=O)n1C2. The zero-order chi connectivity index (χ0) is 13.4. The van der Waals surface area contributed by atoms with Gasteiger partial charge in [-0.1, -0.05) is 6.07 Å². The summed E-state index contributed by atoms with van der Waals surface area (Å²) in [6.45, 7) is 2.81. The summed E-state index contributed by atoms with van der Waals surface area (Å²) in [6.07, 6.45) is 1.11. The van der Waals surface area contributed by atoms with Crippen LogP contribution in [0, 0.1) is 5.92 Å². The van der Waals surface area contributed by atoms with Gasteiger partial charge in [0, 0.05) is 37.3 Å². The van der Waals surface area contributed by atoms with E-state index in [-0.39, 0.29) is 11.5 Å². The molecule has 5 heteroatoms. The predicted octanol–water partition coefficient (Wildman–Crippen LogP) is 0.440. The second kappa shape index (κ2) is 4.81. The largest absolute Gasteiger partial charge is 0.468 e. The van der Waals surface area contributed by atoms with Gasteiger partial charge in [0.25, 0.3) is 5.56 Å². The molecule has 0 spiro atoms. The molecular weight excluding hydrogens is 244 g/mol. The fourth-order valence-electron chi connectivity index (χ4n) is 3.37. The van der Waals surface area contributed by atoms with Gasteiger partial charge in [0.15, 0.2) is 0 Å². The third-order valence-corrected chi connectivity index (χ3v) is 4.14. The minimum atomic E-state index is -0.189. The number of carbonyl (C=O) groups excluding carboxylic acids is 1. The molecule has 2 aliphatic rings. The number of aromatic nitrogens is 1. The average Bonchev–Trinajstić information content (AvgIpc) is 2.40. The normalized spacial score (nSPS) is 25.7. The summed E-state index contributed by atoms with van der Waals surface area (Å²) in [5.74, 6) is 0.618. The van der Waals surface area contributed by atoms with Crippen molar-refractivity contribution in [3.8, 4) is 0 Å². The maximum atomic E-state index is 11.9. The molecule has 3 rings (SSSR count). The lowest BCUT2D eigenvalue weighted by molar-refractivity contribution is -0.142. The number of esters is 1. The van der Waals surface area contributed by atoms with Gasteiger partial charge in [-0.15, -0.1) is 0 Å². The first-order valence-corrected chi connectivity index (χ1v) is 6.66. The number of methoxy groups -OCH3 is 1. The van der Waals surface area contributed by atoms with Crippen LogP contribution in [0.5, 0.6) is 0 Å². The lowest BCUT2D eigenvalue weighted by Crippen LogP contribution is -2.48. The third-order valence-electron chi connectivity index (χ3n) is 4.14. The number of fused-ring (bicyclic) bond motifs is 4. The van der Waals surface area contributed by atoms with Crippen LogP contribution in [0.2, 0.25) is 0 Å². The second-order valence-electron chi connectivity index (χ2n) is 5.47. The number of hydrogen-bond donors (Lipinski definition) is 0. The highest BCUT2D eigenvalue weighted by Gasteiger charge is 2.34. The van der Waals surface area contributed by atoms with E-state index in [0.717, 1.165) is 31.7 Å². The molecule has 2 unspecified atom stereocenters. The Balaban J connectivity index is 1.84. The van der Waals surface area contributed by atoms with Gasteiger partial charge >= 0.3 is 5.97 Å². The lowest BCUT2D eigenvalue weighted by atomic mass is 9.83. The van der Waals surface area contributed by atoms with E-state index in [1.165, 1.54) is 7.11 Å². The van der Waals surface area contributed by atoms with Crippen molar-refractivity contribution in [2.45, 2.75) is 18.9 Å². The maximum absolute atomic E-state index is 11.9. The highest BCUT2D eigenvalue weighted by atomic mass is 16.5. The standard InChI is InChI=1S/C14H18N2O3/c1-19-14(18)9-15-6-10-5-11(8-15)12-3-2-4-13(17)16(12)7-10/h2-4,10-11H,5-9H2,1H3. The first-order chi connectivity index (χ1) is 9.17. The number of ether oxygens (including phenoxy) is 1. The third kappa shape index (κ3) is 2.30. The van der Waals surface area contributed by atoms with E-state index in [4.69, 9.17) is 4.74 Å². The number of rotatable bonds is 2. The Morgan fingerprint density at radius 3 is 3.00 bits per heavy atom. The second-order valence-corrected chi connectivity index (χ2v) is 5.47. The number of nitrogens with zero attached hydrogens (tertiary/aromatic N) is 2. The van der Waals surface area contributed by atoms with Crippen molar-refractivity contribution in [2.24, 2.45) is 5.92 Å². The summed E-state index contributed by atoms with van der Waals surface area (Å²) in [4.78, 5) is 25.4. The summed E-state index contributed by atoms with van der Waals surface area (Å²) < 4.78 is 6.63. The van der Waals surface area contributed by atoms with Crippen molar-refractivity contribution in [1.29, 1.82) is 0 Å². The molecule has 1 fully saturated rings. The van der Waals surface area contributed by atoms with Gasteiger partial charge in [0.1, 0.15) is 0 Å². The molecule has 0 amide bonds. The van der Waals surface area contributed by atoms with Crippen molar-refractivity contribution in [1.82, 2.24) is 9.47 Å². The van der Waals surface area contributed by atoms with Gasteiger partial charge in [0.2, 0.25) is 0 Å². The molecule has 19 heavy (non-hydrogen) atoms. The van der Waals surface area contributed by atoms with E-state index < -0.39 is 0 Å². The van der Waals surface area contributed by atoms with Crippen molar-refractivity contribution in [2.75, 3.05) is 26.7 Å². The van der Waals surface area contributed by atoms with Crippen molar-refractivity contribution < 1.29 is 9.53 Å². The summed E-state index contributed by atoms with van der Waals surface area (Å²) in [7, 11) is 1.42. The molecule has 0 aromatic carbocycles. The van der Waals surface area contributed by atoms with Crippen molar-refractivity contribution >= 4 is 5.97 Å². The van der Waals surface area contributed by atoms with Crippen LogP contribution in [0.3, 0.4) is 0 Å². The van der Waals surface area contributed by atoms with E-state index in [1.54, 1.807) is 6.07 Å². The van der Waals surface area contributed by atoms with Gasteiger partial charge < -0.3 is 9.30 Å². The molecule has 1 aromatic rings. The molecule has 0 N–H and O–H groups in total. The van der Waals surface area contributed by atoms with E-state index >= 15 is 0 Å². The Labute approximate surface area is 111 Å². The molecular formula is C14H18N2O3. The van der Waals surface area contributed by atoms with Crippen LogP contribution < -0.4 is 5.56 Å². The quantitative estimate of drug-likeness (QED) is 0.726. The predicted molar refractivity (Wildman–Crippen MR) is 70.0 cm³/mol. The molecule has 0 radical (unpaired) electrons. The van der Waals surface area contributed by atoms with E-state index in [1.807, 2.05) is 16.7 Å². The number of carbonyl (C=O) groups is 1. The Kier molecular flexibility index (Phi) is 3.14. The smallest absolute Gasteiger partial charge is 0.319 e. The molecule has 102 valence electrons. The molecule has 2 aliphatic heterocycles. The Hall–Kier alpha value is -1.62. The van der Waals surface area contributed by atoms with Crippen LogP contribution in [0.1, 0.15) is 18.0 Å². The molecule has 5 nitrogen and oxygen atoms in total. The minimum Gasteiger partial charge on any atom is -0.468 e. The van der Waals surface area contributed by atoms with Gasteiger partial charge in [-0.3, -0.25) is 14.5 Å². The van der Waals surface area contributed by atoms with Gasteiger partial charge in [-0.25, -0.2) is 0 Å². The van der Waals surface area contributed by atoms with E-state index in [0.29, 0.717) is 18.4 Å². The number of likely N-dealkylation sites (tertiary alicyclic amines) is 1. The van der Waals surface area contributed by atoms with E-state index in [2.05, 4.69) is 4.90 Å². The van der Waals surface area contributed by atoms with Gasteiger partial charge in [0.05, 0.1) is 13.7 Å². The highest BCUT2D eigenvalue weighted by Crippen LogP contribution is 2.34. The zero-order valence-corrected chi connectivity index (χ0v) is 11.0. The summed E-state index contributed by atoms with van der Waals surface area (Å²) in [5.41, 5.74) is 1.20. The molecule has 1 aromatic heterocycles. The molecule has 3 heterocycles. The first kappa shape index (κ1) is 12.4. The lowest BCUT2D eigenvalue weighted by Gasteiger charge is -2.42. The maximum Gasteiger partial charge on any atom is 0.319 e. The molecule has 2 bridgehead atoms. The van der Waals surface area contributed by atoms with Crippen molar-refractivity contribution in [3.63, 3.8) is 0 Å². The molecule has 1 saturated heterocycles. The number of piperidine rings is 1. The fourth-order valence-corrected chi connectivity index (χ4v) is 3.37. The number of hydrogen-bond acceptors (Lipinski definition) is 4. The average molecular weight is 262 g/mol. The Morgan fingerprint density at radius 2 is 2.21 bits per heavy atom. The van der Waals surface area contributed by atoms with Crippen LogP contribution >= 0.6 is 0 Å². The van der Waals surface area contributed by atoms with Crippen LogP contribution in [0.4, 0.5) is 0 Å². The molecule has 0 saturated carbocycles. The topological polar surface area (TPSA) is 51.5 Å². The van der Waals surface area contributed by atoms with Crippen molar-refractivity contribution in [3.05, 3.63) is 34.2 Å². The summed E-state index contributed by atoms with van der Waals surface area (Å²) >= 11 is 0. The first-order valence-electron chi connectivity index (χ1n) is 6.66. The Morgan fingerprint density at radius 1 is 1.37 bits per heavy atom. The van der Waals surface area contributed by atoms with Crippen LogP contribution in [0.25, 0.3) is 0 Å². The van der Waals surface area contributed by atoms with Crippen LogP contribution in [-0.4, -0.2) is 42.2 Å². The fraction of sp³-hybridized carbons (Fsp3) is 0.571. The van der Waals surface area contributed by atoms with Crippen LogP contribution in [-0.2, 0) is 16.1 Å². The van der Waals surface area contributed by atoms with Gasteiger partial charge in [-0.05, 0) is 18.4 Å². The zero-order valence-electron chi connectivity index (χ0n) is 11.0. The van der Waals surface area contributed by atoms with E-state index in [9.17, 15) is 9.59 Å². The summed E-state index contributed by atoms with van der Waals surface area (Å²) in [6, 6.07) is 5.48. The molecule has 2 atom stereocenters. The molecule has 0 aliphatic carbocycles.